The van der Waals surface area contributed by atoms with Crippen molar-refractivity contribution in [1.82, 2.24) is 4.98 Å². The van der Waals surface area contributed by atoms with Gasteiger partial charge in [0, 0.05) is 11.8 Å². The predicted octanol–water partition coefficient (Wildman–Crippen LogP) is 2.63. The van der Waals surface area contributed by atoms with E-state index < -0.39 is 5.41 Å². The van der Waals surface area contributed by atoms with Gasteiger partial charge in [0.15, 0.2) is 5.58 Å². The van der Waals surface area contributed by atoms with Crippen LogP contribution in [0.3, 0.4) is 0 Å². The van der Waals surface area contributed by atoms with Crippen molar-refractivity contribution in [3.8, 4) is 6.07 Å². The molecule has 3 nitrogen and oxygen atoms in total. The van der Waals surface area contributed by atoms with Crippen LogP contribution in [0.25, 0.3) is 11.1 Å². The van der Waals surface area contributed by atoms with E-state index in [1.807, 2.05) is 26.0 Å². The van der Waals surface area contributed by atoms with Gasteiger partial charge in [0.05, 0.1) is 17.7 Å². The van der Waals surface area contributed by atoms with Gasteiger partial charge in [-0.25, -0.2) is 0 Å². The van der Waals surface area contributed by atoms with Gasteiger partial charge in [0.1, 0.15) is 5.52 Å². The number of nitriles is 1. The zero-order valence-electron chi connectivity index (χ0n) is 8.11. The molecule has 2 rings (SSSR count). The molecule has 0 aromatic carbocycles. The van der Waals surface area contributed by atoms with Crippen molar-refractivity contribution in [2.45, 2.75) is 19.3 Å². The van der Waals surface area contributed by atoms with Crippen molar-refractivity contribution in [3.63, 3.8) is 0 Å². The molecular weight excluding hydrogens is 176 g/mol. The van der Waals surface area contributed by atoms with Crippen molar-refractivity contribution >= 4 is 11.1 Å². The molecule has 0 N–H and O–H groups in total. The van der Waals surface area contributed by atoms with Crippen LogP contribution in [-0.4, -0.2) is 4.98 Å². The van der Waals surface area contributed by atoms with Crippen molar-refractivity contribution < 1.29 is 4.42 Å². The van der Waals surface area contributed by atoms with E-state index in [0.717, 1.165) is 16.7 Å². The molecule has 70 valence electrons. The van der Waals surface area contributed by atoms with Crippen LogP contribution in [-0.2, 0) is 5.41 Å². The van der Waals surface area contributed by atoms with Crippen LogP contribution in [0.4, 0.5) is 0 Å². The van der Waals surface area contributed by atoms with Gasteiger partial charge in [-0.2, -0.15) is 5.26 Å². The van der Waals surface area contributed by atoms with Crippen LogP contribution in [0, 0.1) is 11.3 Å². The number of aromatic nitrogens is 1. The number of hydrogen-bond acceptors (Lipinski definition) is 3. The van der Waals surface area contributed by atoms with Gasteiger partial charge in [-0.3, -0.25) is 4.98 Å². The minimum Gasteiger partial charge on any atom is -0.462 e. The highest BCUT2D eigenvalue weighted by atomic mass is 16.3. The molecule has 0 atom stereocenters. The van der Waals surface area contributed by atoms with Gasteiger partial charge in [-0.05, 0) is 26.0 Å². The lowest BCUT2D eigenvalue weighted by Crippen LogP contribution is -2.13. The molecule has 3 heteroatoms. The summed E-state index contributed by atoms with van der Waals surface area (Å²) in [5, 5.41) is 9.01. The summed E-state index contributed by atoms with van der Waals surface area (Å²) in [6.07, 6.45) is 3.32. The standard InChI is InChI=1S/C11H10N2O/c1-11(2,7-12)8-6-14-9-4-3-5-13-10(8)9/h3-6H,1-2H3. The van der Waals surface area contributed by atoms with Crippen molar-refractivity contribution in [3.05, 3.63) is 30.2 Å². The second-order valence-electron chi connectivity index (χ2n) is 3.74. The molecule has 0 aliphatic heterocycles. The minimum atomic E-state index is -0.556. The van der Waals surface area contributed by atoms with E-state index in [-0.39, 0.29) is 0 Å². The van der Waals surface area contributed by atoms with Crippen LogP contribution in [0.2, 0.25) is 0 Å². The SMILES string of the molecule is CC(C)(C#N)c1coc2cccnc12. The Balaban J connectivity index is 2.72. The Morgan fingerprint density at radius 2 is 2.29 bits per heavy atom. The van der Waals surface area contributed by atoms with Gasteiger partial charge in [-0.1, -0.05) is 0 Å². The van der Waals surface area contributed by atoms with E-state index in [1.165, 1.54) is 0 Å². The first-order valence-electron chi connectivity index (χ1n) is 4.39. The summed E-state index contributed by atoms with van der Waals surface area (Å²) in [5.74, 6) is 0. The highest BCUT2D eigenvalue weighted by molar-refractivity contribution is 5.77. The molecule has 0 radical (unpaired) electrons. The summed E-state index contributed by atoms with van der Waals surface area (Å²) in [6, 6.07) is 5.90. The fraction of sp³-hybridized carbons (Fsp3) is 0.273. The zero-order chi connectivity index (χ0) is 10.2. The molecule has 0 aliphatic rings. The van der Waals surface area contributed by atoms with Crippen LogP contribution in [0.5, 0.6) is 0 Å². The van der Waals surface area contributed by atoms with E-state index in [0.29, 0.717) is 0 Å². The number of furan rings is 1. The van der Waals surface area contributed by atoms with Gasteiger partial charge >= 0.3 is 0 Å². The monoisotopic (exact) mass is 186 g/mol. The van der Waals surface area contributed by atoms with Crippen LogP contribution in [0.15, 0.2) is 29.0 Å². The third kappa shape index (κ3) is 1.16. The van der Waals surface area contributed by atoms with Crippen LogP contribution in [0.1, 0.15) is 19.4 Å². The summed E-state index contributed by atoms with van der Waals surface area (Å²) in [7, 11) is 0. The number of pyridine rings is 1. The average Bonchev–Trinajstić information content (AvgIpc) is 2.61. The Bertz CT molecular complexity index is 505. The first kappa shape index (κ1) is 8.76. The lowest BCUT2D eigenvalue weighted by atomic mass is 9.88. The summed E-state index contributed by atoms with van der Waals surface area (Å²) >= 11 is 0. The minimum absolute atomic E-state index is 0.556. The number of rotatable bonds is 1. The fourth-order valence-electron chi connectivity index (χ4n) is 1.37. The quantitative estimate of drug-likeness (QED) is 0.687. The lowest BCUT2D eigenvalue weighted by Gasteiger charge is -2.11. The molecule has 0 amide bonds. The van der Waals surface area contributed by atoms with Gasteiger partial charge < -0.3 is 4.42 Å². The second-order valence-corrected chi connectivity index (χ2v) is 3.74. The predicted molar refractivity (Wildman–Crippen MR) is 52.6 cm³/mol. The molecule has 0 unspecified atom stereocenters. The summed E-state index contributed by atoms with van der Waals surface area (Å²) in [4.78, 5) is 4.21. The lowest BCUT2D eigenvalue weighted by molar-refractivity contribution is 0.591. The topological polar surface area (TPSA) is 49.8 Å². The first-order valence-corrected chi connectivity index (χ1v) is 4.39. The molecule has 0 fully saturated rings. The molecule has 0 aliphatic carbocycles. The molecule has 0 bridgehead atoms. The Morgan fingerprint density at radius 1 is 1.50 bits per heavy atom. The molecular formula is C11H10N2O. The fourth-order valence-corrected chi connectivity index (χ4v) is 1.37. The smallest absolute Gasteiger partial charge is 0.152 e. The van der Waals surface area contributed by atoms with Gasteiger partial charge in [0.25, 0.3) is 0 Å². The van der Waals surface area contributed by atoms with Crippen molar-refractivity contribution in [2.75, 3.05) is 0 Å². The van der Waals surface area contributed by atoms with Crippen LogP contribution < -0.4 is 0 Å². The highest BCUT2D eigenvalue weighted by Crippen LogP contribution is 2.29. The van der Waals surface area contributed by atoms with Gasteiger partial charge in [-0.15, -0.1) is 0 Å². The second kappa shape index (κ2) is 2.85. The molecule has 2 heterocycles. The molecule has 0 saturated carbocycles. The zero-order valence-corrected chi connectivity index (χ0v) is 8.11. The molecule has 0 spiro atoms. The summed E-state index contributed by atoms with van der Waals surface area (Å²) in [5.41, 5.74) is 1.79. The van der Waals surface area contributed by atoms with Crippen molar-refractivity contribution in [1.29, 1.82) is 5.26 Å². The third-order valence-corrected chi connectivity index (χ3v) is 2.28. The Kier molecular flexibility index (Phi) is 1.78. The number of hydrogen-bond donors (Lipinski definition) is 0. The van der Waals surface area contributed by atoms with Crippen molar-refractivity contribution in [2.24, 2.45) is 0 Å². The maximum Gasteiger partial charge on any atom is 0.152 e. The highest BCUT2D eigenvalue weighted by Gasteiger charge is 2.25. The third-order valence-electron chi connectivity index (χ3n) is 2.28. The molecule has 0 saturated heterocycles. The first-order chi connectivity index (χ1) is 6.65. The number of fused-ring (bicyclic) bond motifs is 1. The normalized spacial score (nSPS) is 11.5. The molecule has 2 aromatic rings. The Morgan fingerprint density at radius 3 is 3.00 bits per heavy atom. The van der Waals surface area contributed by atoms with E-state index in [2.05, 4.69) is 11.1 Å². The van der Waals surface area contributed by atoms with Crippen LogP contribution >= 0.6 is 0 Å². The van der Waals surface area contributed by atoms with E-state index in [1.54, 1.807) is 12.5 Å². The maximum absolute atomic E-state index is 9.01. The molecule has 2 aromatic heterocycles. The summed E-state index contributed by atoms with van der Waals surface area (Å²) in [6.45, 7) is 3.71. The molecule has 14 heavy (non-hydrogen) atoms. The van der Waals surface area contributed by atoms with Gasteiger partial charge in [0.2, 0.25) is 0 Å². The summed E-state index contributed by atoms with van der Waals surface area (Å²) < 4.78 is 5.32. The van der Waals surface area contributed by atoms with E-state index in [9.17, 15) is 0 Å². The largest absolute Gasteiger partial charge is 0.462 e. The van der Waals surface area contributed by atoms with E-state index >= 15 is 0 Å². The Hall–Kier alpha value is -1.82. The maximum atomic E-state index is 9.01. The number of nitrogens with zero attached hydrogens (tertiary/aromatic N) is 2. The average molecular weight is 186 g/mol. The van der Waals surface area contributed by atoms with E-state index in [4.69, 9.17) is 9.68 Å². The Labute approximate surface area is 82.0 Å².